The molecule has 2 bridgehead atoms. The van der Waals surface area contributed by atoms with E-state index in [9.17, 15) is 21.6 Å². The molecule has 55 heavy (non-hydrogen) atoms. The van der Waals surface area contributed by atoms with E-state index in [4.69, 9.17) is 21.1 Å². The molecule has 0 radical (unpaired) electrons. The lowest BCUT2D eigenvalue weighted by atomic mass is 9.52. The fourth-order valence-electron chi connectivity index (χ4n) is 10.2. The Labute approximate surface area is 333 Å². The number of carbonyl (C=O) groups excluding carboxylic acids is 1. The van der Waals surface area contributed by atoms with Crippen LogP contribution in [-0.4, -0.2) is 96.4 Å². The molecule has 1 unspecified atom stereocenters. The maximum Gasteiger partial charge on any atom is 0.264 e. The first-order valence-corrected chi connectivity index (χ1v) is 24.0. The predicted octanol–water partition coefficient (Wildman–Crippen LogP) is 6.32. The summed E-state index contributed by atoms with van der Waals surface area (Å²) < 4.78 is 66.9. The average Bonchev–Trinajstić information content (AvgIpc) is 3.29. The van der Waals surface area contributed by atoms with Gasteiger partial charge in [0.05, 0.1) is 29.0 Å². The Hall–Kier alpha value is -2.56. The van der Waals surface area contributed by atoms with E-state index >= 15 is 0 Å². The third-order valence-corrected chi connectivity index (χ3v) is 18.2. The Morgan fingerprint density at radius 3 is 2.58 bits per heavy atom. The highest BCUT2D eigenvalue weighted by molar-refractivity contribution is 7.91. The molecule has 302 valence electrons. The van der Waals surface area contributed by atoms with E-state index in [-0.39, 0.29) is 45.7 Å². The van der Waals surface area contributed by atoms with E-state index in [1.807, 2.05) is 19.1 Å². The molecule has 13 heteroatoms. The number of carbonyl (C=O) groups is 1. The molecule has 7 atom stereocenters. The van der Waals surface area contributed by atoms with Crippen LogP contribution in [-0.2, 0) is 24.6 Å². The zero-order valence-electron chi connectivity index (χ0n) is 32.9. The largest absolute Gasteiger partial charge is 0.491 e. The Bertz CT molecular complexity index is 1990. The molecule has 0 aromatic heterocycles. The zero-order chi connectivity index (χ0) is 39.2. The summed E-state index contributed by atoms with van der Waals surface area (Å²) in [4.78, 5) is 18.3. The number of benzene rings is 1. The van der Waals surface area contributed by atoms with E-state index in [2.05, 4.69) is 45.4 Å². The van der Waals surface area contributed by atoms with Gasteiger partial charge in [0, 0.05) is 73.6 Å². The highest BCUT2D eigenvalue weighted by Crippen LogP contribution is 2.60. The lowest BCUT2D eigenvalue weighted by Gasteiger charge is -2.55. The molecule has 7 rings (SSSR count). The highest BCUT2D eigenvalue weighted by atomic mass is 35.5. The fraction of sp³-hybridized carbons (Fsp3) is 0.690. The highest BCUT2D eigenvalue weighted by Gasteiger charge is 2.56. The molecule has 1 saturated heterocycles. The number of nitrogens with zero attached hydrogens (tertiary/aromatic N) is 2. The maximum atomic E-state index is 13.7. The van der Waals surface area contributed by atoms with Crippen molar-refractivity contribution in [3.8, 4) is 17.6 Å². The average molecular weight is 817 g/mol. The van der Waals surface area contributed by atoms with Crippen LogP contribution in [0.2, 0.25) is 0 Å². The number of sulfonamides is 1. The topological polar surface area (TPSA) is 122 Å². The second-order valence-corrected chi connectivity index (χ2v) is 22.2. The monoisotopic (exact) mass is 815 g/mol. The van der Waals surface area contributed by atoms with Crippen molar-refractivity contribution in [2.75, 3.05) is 62.8 Å². The van der Waals surface area contributed by atoms with Crippen molar-refractivity contribution in [3.05, 3.63) is 46.5 Å². The summed E-state index contributed by atoms with van der Waals surface area (Å²) in [6.07, 6.45) is 12.8. The summed E-state index contributed by atoms with van der Waals surface area (Å²) in [6, 6.07) is 5.33. The molecule has 1 amide bonds. The molecule has 3 aliphatic heterocycles. The van der Waals surface area contributed by atoms with Crippen LogP contribution >= 0.6 is 11.6 Å². The van der Waals surface area contributed by atoms with E-state index in [1.165, 1.54) is 5.57 Å². The van der Waals surface area contributed by atoms with Crippen LogP contribution in [0.15, 0.2) is 41.0 Å². The second-order valence-electron chi connectivity index (χ2n) is 17.4. The van der Waals surface area contributed by atoms with E-state index in [1.54, 1.807) is 20.1 Å². The number of anilines is 1. The van der Waals surface area contributed by atoms with Gasteiger partial charge in [0.15, 0.2) is 9.84 Å². The van der Waals surface area contributed by atoms with Crippen LogP contribution < -0.4 is 14.4 Å². The minimum Gasteiger partial charge on any atom is -0.491 e. The van der Waals surface area contributed by atoms with Gasteiger partial charge in [0.2, 0.25) is 10.0 Å². The minimum atomic E-state index is -3.97. The van der Waals surface area contributed by atoms with Crippen molar-refractivity contribution >= 4 is 43.1 Å². The molecular formula is C42H58ClN3O7S2. The van der Waals surface area contributed by atoms with Gasteiger partial charge >= 0.3 is 0 Å². The molecule has 10 nitrogen and oxygen atoms in total. The molecule has 1 N–H and O–H groups in total. The number of hydrogen-bond donors (Lipinski definition) is 1. The number of allylic oxidation sites excluding steroid dienone is 4. The second kappa shape index (κ2) is 15.7. The van der Waals surface area contributed by atoms with E-state index in [0.717, 1.165) is 68.8 Å². The number of fused-ring (bicyclic) bond motifs is 4. The molecule has 3 fully saturated rings. The Balaban J connectivity index is 1.25. The standard InChI is InChI=1S/C42H58ClN3O7S2/c1-30-9-7-18-42(52-4,17-5-6-20-45-21-23-54(48,49)24-22-45)36-13-11-33(36)27-46-28-41(16-8-10-34-26-35(43)15-19-40(34,41)3)29-53-38-14-12-32(25-37(38)46)39(47)44-55(50,51)31(30)2/h12,14-15,25-26,30-31,33,36H,6-11,13,16,18-24,27-29H2,1-4H3,(H,44,47)/t30-,31+,33-,36+,40?,41-,42-/m0/s1. The van der Waals surface area contributed by atoms with Gasteiger partial charge < -0.3 is 19.3 Å². The predicted molar refractivity (Wildman–Crippen MR) is 217 cm³/mol. The first kappa shape index (κ1) is 40.6. The Morgan fingerprint density at radius 2 is 1.85 bits per heavy atom. The van der Waals surface area contributed by atoms with Crippen LogP contribution in [0.4, 0.5) is 5.69 Å². The van der Waals surface area contributed by atoms with Gasteiger partial charge in [-0.05, 0) is 101 Å². The normalized spacial score (nSPS) is 36.2. The van der Waals surface area contributed by atoms with E-state index < -0.39 is 36.6 Å². The number of hydrogen-bond acceptors (Lipinski definition) is 9. The SMILES string of the molecule is CO[C@@]1(C#CCCN2CCS(=O)(=O)CC2)CCC[C@H](C)[C@@H](C)S(=O)(=O)NC(=O)c2ccc3c(c2)N(C[C@@H]2CC[C@H]21)C[C@@]1(CCCC2=CC(Cl)=CCC21C)CO3. The summed E-state index contributed by atoms with van der Waals surface area (Å²) in [6.45, 7) is 9.71. The number of sulfone groups is 1. The molecule has 3 aliphatic carbocycles. The van der Waals surface area contributed by atoms with Crippen LogP contribution in [0.3, 0.4) is 0 Å². The molecule has 1 spiro atoms. The van der Waals surface area contributed by atoms with Crippen molar-refractivity contribution in [1.29, 1.82) is 0 Å². The van der Waals surface area contributed by atoms with E-state index in [0.29, 0.717) is 51.3 Å². The first-order valence-electron chi connectivity index (χ1n) is 20.2. The zero-order valence-corrected chi connectivity index (χ0v) is 35.3. The number of nitrogens with one attached hydrogen (secondary N) is 1. The van der Waals surface area contributed by atoms with Crippen molar-refractivity contribution in [3.63, 3.8) is 0 Å². The lowest BCUT2D eigenvalue weighted by Crippen LogP contribution is -2.56. The van der Waals surface area contributed by atoms with Crippen LogP contribution in [0.1, 0.15) is 95.3 Å². The lowest BCUT2D eigenvalue weighted by molar-refractivity contribution is -0.0749. The summed E-state index contributed by atoms with van der Waals surface area (Å²) in [7, 11) is -5.16. The number of ether oxygens (including phenoxy) is 2. The number of amides is 1. The fourth-order valence-corrected chi connectivity index (χ4v) is 13.0. The number of rotatable bonds is 3. The van der Waals surface area contributed by atoms with Gasteiger partial charge in [-0.1, -0.05) is 48.9 Å². The first-order chi connectivity index (χ1) is 26.1. The van der Waals surface area contributed by atoms with Crippen molar-refractivity contribution in [2.45, 2.75) is 95.8 Å². The Morgan fingerprint density at radius 1 is 1.07 bits per heavy atom. The van der Waals surface area contributed by atoms with Gasteiger partial charge in [-0.15, -0.1) is 0 Å². The molecule has 1 aromatic carbocycles. The molecule has 2 saturated carbocycles. The van der Waals surface area contributed by atoms with Gasteiger partial charge in [0.1, 0.15) is 11.4 Å². The number of halogens is 1. The summed E-state index contributed by atoms with van der Waals surface area (Å²) in [5.41, 5.74) is 1.35. The van der Waals surface area contributed by atoms with Gasteiger partial charge in [-0.2, -0.15) is 0 Å². The van der Waals surface area contributed by atoms with Crippen molar-refractivity contribution in [2.24, 2.45) is 28.6 Å². The Kier molecular flexibility index (Phi) is 11.6. The quantitative estimate of drug-likeness (QED) is 0.350. The molecule has 1 aromatic rings. The van der Waals surface area contributed by atoms with Crippen molar-refractivity contribution < 1.29 is 31.1 Å². The summed E-state index contributed by atoms with van der Waals surface area (Å²) >= 11 is 6.59. The molecular weight excluding hydrogens is 758 g/mol. The smallest absolute Gasteiger partial charge is 0.264 e. The van der Waals surface area contributed by atoms with Crippen LogP contribution in [0, 0.1) is 40.4 Å². The summed E-state index contributed by atoms with van der Waals surface area (Å²) in [5, 5.41) is 0.00457. The molecule has 6 aliphatic rings. The minimum absolute atomic E-state index is 0.151. The molecule has 3 heterocycles. The van der Waals surface area contributed by atoms with Gasteiger partial charge in [-0.25, -0.2) is 21.6 Å². The number of methoxy groups -OCH3 is 1. The third kappa shape index (κ3) is 7.99. The summed E-state index contributed by atoms with van der Waals surface area (Å²) in [5.74, 6) is 7.77. The maximum absolute atomic E-state index is 13.7. The van der Waals surface area contributed by atoms with Gasteiger partial charge in [-0.3, -0.25) is 4.79 Å². The van der Waals surface area contributed by atoms with Crippen LogP contribution in [0.25, 0.3) is 0 Å². The van der Waals surface area contributed by atoms with Gasteiger partial charge in [0.25, 0.3) is 5.91 Å². The third-order valence-electron chi connectivity index (χ3n) is 14.4. The van der Waals surface area contributed by atoms with Crippen molar-refractivity contribution in [1.82, 2.24) is 9.62 Å². The van der Waals surface area contributed by atoms with Crippen LogP contribution in [0.5, 0.6) is 5.75 Å².